The zero-order valence-electron chi connectivity index (χ0n) is 15.4. The summed E-state index contributed by atoms with van der Waals surface area (Å²) in [4.78, 5) is 22.0. The number of alkyl halides is 1. The number of esters is 1. The molecule has 24 heavy (non-hydrogen) atoms. The normalized spacial score (nSPS) is 14.0. The number of aliphatic carboxylic acids is 1. The molecule has 0 aliphatic carbocycles. The fraction of sp³-hybridized carbons (Fsp3) is 0.789. The lowest BCUT2D eigenvalue weighted by atomic mass is 9.89. The number of hydrogen-bond acceptors (Lipinski definition) is 3. The van der Waals surface area contributed by atoms with Gasteiger partial charge in [-0.2, -0.15) is 4.39 Å². The predicted molar refractivity (Wildman–Crippen MR) is 93.4 cm³/mol. The molecule has 0 fully saturated rings. The van der Waals surface area contributed by atoms with Crippen LogP contribution in [0.3, 0.4) is 0 Å². The van der Waals surface area contributed by atoms with Gasteiger partial charge < -0.3 is 9.84 Å². The first-order chi connectivity index (χ1) is 11.3. The Morgan fingerprint density at radius 2 is 1.50 bits per heavy atom. The number of carbonyl (C=O) groups excluding carboxylic acids is 1. The third-order valence-corrected chi connectivity index (χ3v) is 4.20. The van der Waals surface area contributed by atoms with Crippen LogP contribution < -0.4 is 0 Å². The van der Waals surface area contributed by atoms with Gasteiger partial charge in [-0.25, -0.2) is 9.59 Å². The first kappa shape index (κ1) is 22.6. The van der Waals surface area contributed by atoms with Gasteiger partial charge in [-0.15, -0.1) is 0 Å². The van der Waals surface area contributed by atoms with E-state index in [2.05, 4.69) is 13.8 Å². The van der Waals surface area contributed by atoms with E-state index < -0.39 is 17.8 Å². The van der Waals surface area contributed by atoms with Crippen molar-refractivity contribution >= 4 is 11.9 Å². The van der Waals surface area contributed by atoms with E-state index in [1.807, 2.05) is 0 Å². The van der Waals surface area contributed by atoms with Crippen molar-refractivity contribution in [2.45, 2.75) is 90.8 Å². The lowest BCUT2D eigenvalue weighted by Gasteiger charge is -2.30. The van der Waals surface area contributed by atoms with Gasteiger partial charge in [-0.3, -0.25) is 0 Å². The standard InChI is InChI=1S/C19H33FO4/c1-4-6-8-10-12-16(13-11-9-7-5-2)19(3,20)24-18(23)15-14-17(21)22/h14-16H,4-13H2,1-3H3,(H,21,22). The average molecular weight is 344 g/mol. The van der Waals surface area contributed by atoms with Crippen LogP contribution in [0.15, 0.2) is 12.2 Å². The molecule has 0 aliphatic heterocycles. The molecule has 0 aromatic heterocycles. The number of carboxylic acid groups (broad SMARTS) is 1. The van der Waals surface area contributed by atoms with Gasteiger partial charge in [-0.1, -0.05) is 65.2 Å². The molecule has 0 spiro atoms. The third kappa shape index (κ3) is 11.2. The molecule has 0 aliphatic rings. The third-order valence-electron chi connectivity index (χ3n) is 4.20. The molecule has 0 amide bonds. The van der Waals surface area contributed by atoms with Gasteiger partial charge in [0.2, 0.25) is 0 Å². The van der Waals surface area contributed by atoms with E-state index in [-0.39, 0.29) is 5.92 Å². The van der Waals surface area contributed by atoms with Crippen molar-refractivity contribution in [3.05, 3.63) is 12.2 Å². The summed E-state index contributed by atoms with van der Waals surface area (Å²) < 4.78 is 19.8. The fourth-order valence-electron chi connectivity index (χ4n) is 2.75. The topological polar surface area (TPSA) is 63.6 Å². The van der Waals surface area contributed by atoms with Crippen LogP contribution in [0, 0.1) is 5.92 Å². The van der Waals surface area contributed by atoms with Crippen LogP contribution in [-0.4, -0.2) is 22.9 Å². The highest BCUT2D eigenvalue weighted by Gasteiger charge is 2.36. The van der Waals surface area contributed by atoms with E-state index >= 15 is 0 Å². The molecule has 0 aromatic carbocycles. The Morgan fingerprint density at radius 3 is 1.92 bits per heavy atom. The second-order valence-corrected chi connectivity index (χ2v) is 6.47. The summed E-state index contributed by atoms with van der Waals surface area (Å²) in [7, 11) is 0. The van der Waals surface area contributed by atoms with Crippen LogP contribution in [0.2, 0.25) is 0 Å². The van der Waals surface area contributed by atoms with Crippen molar-refractivity contribution in [3.63, 3.8) is 0 Å². The average Bonchev–Trinajstić information content (AvgIpc) is 2.50. The maximum atomic E-state index is 14.9. The number of carbonyl (C=O) groups is 2. The monoisotopic (exact) mass is 344 g/mol. The molecule has 5 heteroatoms. The Kier molecular flexibility index (Phi) is 12.2. The minimum Gasteiger partial charge on any atom is -0.478 e. The van der Waals surface area contributed by atoms with Crippen LogP contribution in [-0.2, 0) is 14.3 Å². The largest absolute Gasteiger partial charge is 0.478 e. The van der Waals surface area contributed by atoms with Crippen LogP contribution in [0.5, 0.6) is 0 Å². The highest BCUT2D eigenvalue weighted by molar-refractivity contribution is 5.90. The van der Waals surface area contributed by atoms with Crippen molar-refractivity contribution in [1.29, 1.82) is 0 Å². The van der Waals surface area contributed by atoms with E-state index in [0.717, 1.165) is 57.4 Å². The minimum absolute atomic E-state index is 0.353. The van der Waals surface area contributed by atoms with Crippen LogP contribution in [0.25, 0.3) is 0 Å². The highest BCUT2D eigenvalue weighted by Crippen LogP contribution is 2.33. The predicted octanol–water partition coefficient (Wildman–Crippen LogP) is 5.41. The zero-order valence-corrected chi connectivity index (χ0v) is 15.4. The van der Waals surface area contributed by atoms with Crippen molar-refractivity contribution in [2.75, 3.05) is 0 Å². The van der Waals surface area contributed by atoms with Crippen LogP contribution in [0.1, 0.15) is 85.0 Å². The molecule has 0 bridgehead atoms. The van der Waals surface area contributed by atoms with E-state index in [1.165, 1.54) is 6.92 Å². The number of carboxylic acids is 1. The molecule has 0 saturated carbocycles. The smallest absolute Gasteiger partial charge is 0.333 e. The Morgan fingerprint density at radius 1 is 1.00 bits per heavy atom. The molecule has 0 radical (unpaired) electrons. The maximum absolute atomic E-state index is 14.9. The summed E-state index contributed by atoms with van der Waals surface area (Å²) in [6.07, 6.45) is 11.1. The van der Waals surface area contributed by atoms with Crippen molar-refractivity contribution in [3.8, 4) is 0 Å². The van der Waals surface area contributed by atoms with Gasteiger partial charge in [0.25, 0.3) is 5.85 Å². The van der Waals surface area contributed by atoms with Gasteiger partial charge in [0.1, 0.15) is 0 Å². The molecule has 1 N–H and O–H groups in total. The molecule has 0 saturated heterocycles. The van der Waals surface area contributed by atoms with Crippen molar-refractivity contribution in [2.24, 2.45) is 5.92 Å². The molecule has 4 nitrogen and oxygen atoms in total. The molecular weight excluding hydrogens is 311 g/mol. The van der Waals surface area contributed by atoms with Crippen molar-refractivity contribution in [1.82, 2.24) is 0 Å². The lowest BCUT2D eigenvalue weighted by molar-refractivity contribution is -0.188. The summed E-state index contributed by atoms with van der Waals surface area (Å²) in [5.74, 6) is -4.63. The zero-order chi connectivity index (χ0) is 18.4. The maximum Gasteiger partial charge on any atom is 0.333 e. The fourth-order valence-corrected chi connectivity index (χ4v) is 2.75. The summed E-state index contributed by atoms with van der Waals surface area (Å²) in [5.41, 5.74) is 0. The van der Waals surface area contributed by atoms with Gasteiger partial charge in [0, 0.05) is 25.0 Å². The van der Waals surface area contributed by atoms with Crippen LogP contribution >= 0.6 is 0 Å². The van der Waals surface area contributed by atoms with Gasteiger partial charge in [-0.05, 0) is 12.8 Å². The Bertz CT molecular complexity index is 379. The summed E-state index contributed by atoms with van der Waals surface area (Å²) >= 11 is 0. The van der Waals surface area contributed by atoms with Crippen LogP contribution in [0.4, 0.5) is 4.39 Å². The molecule has 0 aromatic rings. The molecule has 0 heterocycles. The number of halogens is 1. The van der Waals surface area contributed by atoms with Crippen molar-refractivity contribution < 1.29 is 23.8 Å². The SMILES string of the molecule is CCCCCCC(CCCCCC)C(C)(F)OC(=O)C=CC(=O)O. The first-order valence-electron chi connectivity index (χ1n) is 9.16. The molecule has 0 rings (SSSR count). The lowest BCUT2D eigenvalue weighted by Crippen LogP contribution is -2.35. The summed E-state index contributed by atoms with van der Waals surface area (Å²) in [5, 5.41) is 8.51. The second kappa shape index (κ2) is 13.0. The van der Waals surface area contributed by atoms with E-state index in [0.29, 0.717) is 18.9 Å². The summed E-state index contributed by atoms with van der Waals surface area (Å²) in [6, 6.07) is 0. The molecular formula is C19H33FO4. The Labute approximate surface area is 145 Å². The van der Waals surface area contributed by atoms with E-state index in [9.17, 15) is 14.0 Å². The first-order valence-corrected chi connectivity index (χ1v) is 9.16. The number of ether oxygens (including phenoxy) is 1. The quantitative estimate of drug-likeness (QED) is 0.260. The second-order valence-electron chi connectivity index (χ2n) is 6.47. The molecule has 1 atom stereocenters. The van der Waals surface area contributed by atoms with Gasteiger partial charge in [0.05, 0.1) is 0 Å². The Hall–Kier alpha value is -1.39. The summed E-state index contributed by atoms with van der Waals surface area (Å²) in [6.45, 7) is 5.53. The number of rotatable bonds is 14. The number of unbranched alkanes of at least 4 members (excludes halogenated alkanes) is 6. The number of hydrogen-bond donors (Lipinski definition) is 1. The molecule has 140 valence electrons. The highest BCUT2D eigenvalue weighted by atomic mass is 19.2. The van der Waals surface area contributed by atoms with E-state index in [1.54, 1.807) is 0 Å². The Balaban J connectivity index is 4.66. The van der Waals surface area contributed by atoms with Gasteiger partial charge in [0.15, 0.2) is 0 Å². The minimum atomic E-state index is -2.07. The van der Waals surface area contributed by atoms with E-state index in [4.69, 9.17) is 9.84 Å². The molecule has 1 unspecified atom stereocenters. The van der Waals surface area contributed by atoms with Gasteiger partial charge >= 0.3 is 11.9 Å².